The number of para-hydroxylation sites is 2. The minimum absolute atomic E-state index is 0.0272. The average Bonchev–Trinajstić information content (AvgIpc) is 3.31. The molecule has 1 saturated heterocycles. The number of carbonyl (C=O) groups excluding carboxylic acids is 1. The van der Waals surface area contributed by atoms with Gasteiger partial charge in [0.05, 0.1) is 42.7 Å². The number of hydrogen-bond acceptors (Lipinski definition) is 5. The summed E-state index contributed by atoms with van der Waals surface area (Å²) in [4.78, 5) is 16.6. The van der Waals surface area contributed by atoms with Crippen molar-refractivity contribution in [2.24, 2.45) is 0 Å². The van der Waals surface area contributed by atoms with E-state index in [9.17, 15) is 9.90 Å². The number of fused-ring (bicyclic) bond motifs is 1. The van der Waals surface area contributed by atoms with Crippen LogP contribution in [-0.4, -0.2) is 30.5 Å². The van der Waals surface area contributed by atoms with Crippen LogP contribution in [0.5, 0.6) is 0 Å². The molecule has 3 aromatic carbocycles. The zero-order valence-corrected chi connectivity index (χ0v) is 21.8. The van der Waals surface area contributed by atoms with E-state index in [0.29, 0.717) is 24.2 Å². The van der Waals surface area contributed by atoms with Gasteiger partial charge in [-0.15, -0.1) is 0 Å². The maximum Gasteiger partial charge on any atom is 0.276 e. The fourth-order valence-electron chi connectivity index (χ4n) is 4.37. The van der Waals surface area contributed by atoms with Crippen LogP contribution in [0.2, 0.25) is 0 Å². The normalized spacial score (nSPS) is 20.2. The summed E-state index contributed by atoms with van der Waals surface area (Å²) in [5, 5.41) is 12.0. The summed E-state index contributed by atoms with van der Waals surface area (Å²) in [6.07, 6.45) is 1.27. The molecule has 0 radical (unpaired) electrons. The molecule has 3 atom stereocenters. The molecule has 2 heterocycles. The van der Waals surface area contributed by atoms with E-state index in [0.717, 1.165) is 22.2 Å². The highest BCUT2D eigenvalue weighted by Crippen LogP contribution is 2.39. The Bertz CT molecular complexity index is 1390. The second kappa shape index (κ2) is 11.0. The fraction of sp³-hybridized carbons (Fsp3) is 0.259. The summed E-state index contributed by atoms with van der Waals surface area (Å²) >= 11 is 17.1. The number of aromatic nitrogens is 2. The van der Waals surface area contributed by atoms with E-state index in [4.69, 9.17) is 44.3 Å². The molecule has 1 fully saturated rings. The van der Waals surface area contributed by atoms with Gasteiger partial charge < -0.3 is 24.5 Å². The number of halogens is 3. The lowest BCUT2D eigenvalue weighted by molar-refractivity contribution is -0.252. The Morgan fingerprint density at radius 1 is 1.03 bits per heavy atom. The molecule has 0 spiro atoms. The number of aliphatic hydroxyl groups excluding tert-OH is 1. The number of ether oxygens (including phenoxy) is 2. The van der Waals surface area contributed by atoms with E-state index in [2.05, 4.69) is 14.9 Å². The predicted octanol–water partition coefficient (Wildman–Crippen LogP) is 6.08. The van der Waals surface area contributed by atoms with Gasteiger partial charge in [-0.3, -0.25) is 4.79 Å². The van der Waals surface area contributed by atoms with Crippen molar-refractivity contribution >= 4 is 57.4 Å². The standard InChI is InChI=1S/C27H24Cl3N3O4/c28-27(29,30)26(35)32-20-5-3-4-19(12-20)25-36-21(14-33-16-31-22-6-1-2-7-23(22)33)13-24(37-25)18-10-8-17(15-34)9-11-18/h1-12,16,21,24-25,34H,13-15H2,(H,32,35). The Balaban J connectivity index is 1.42. The van der Waals surface area contributed by atoms with Crippen LogP contribution in [0.25, 0.3) is 11.0 Å². The summed E-state index contributed by atoms with van der Waals surface area (Å²) in [6, 6.07) is 22.7. The lowest BCUT2D eigenvalue weighted by Gasteiger charge is -2.36. The Morgan fingerprint density at radius 3 is 2.57 bits per heavy atom. The third-order valence-corrected chi connectivity index (χ3v) is 6.73. The number of alkyl halides is 3. The molecule has 37 heavy (non-hydrogen) atoms. The van der Waals surface area contributed by atoms with Crippen molar-refractivity contribution in [1.82, 2.24) is 9.55 Å². The summed E-state index contributed by atoms with van der Waals surface area (Å²) in [5.41, 5.74) is 4.90. The van der Waals surface area contributed by atoms with Crippen molar-refractivity contribution in [2.45, 2.75) is 41.9 Å². The molecular formula is C27H24Cl3N3O4. The number of hydrogen-bond donors (Lipinski definition) is 2. The van der Waals surface area contributed by atoms with E-state index < -0.39 is 16.0 Å². The number of nitrogens with zero attached hydrogens (tertiary/aromatic N) is 2. The smallest absolute Gasteiger partial charge is 0.276 e. The van der Waals surface area contributed by atoms with Crippen LogP contribution < -0.4 is 5.32 Å². The van der Waals surface area contributed by atoms with Crippen LogP contribution in [0, 0.1) is 0 Å². The van der Waals surface area contributed by atoms with Gasteiger partial charge in [-0.2, -0.15) is 0 Å². The van der Waals surface area contributed by atoms with Crippen LogP contribution in [-0.2, 0) is 27.4 Å². The molecule has 5 rings (SSSR count). The number of anilines is 1. The monoisotopic (exact) mass is 559 g/mol. The number of benzene rings is 3. The summed E-state index contributed by atoms with van der Waals surface area (Å²) in [5.74, 6) is -0.758. The average molecular weight is 561 g/mol. The number of aliphatic hydroxyl groups is 1. The Labute approximate surface area is 228 Å². The Morgan fingerprint density at radius 2 is 1.81 bits per heavy atom. The largest absolute Gasteiger partial charge is 0.392 e. The minimum Gasteiger partial charge on any atom is -0.392 e. The van der Waals surface area contributed by atoms with E-state index in [1.54, 1.807) is 18.2 Å². The molecule has 192 valence electrons. The minimum atomic E-state index is -2.08. The summed E-state index contributed by atoms with van der Waals surface area (Å²) in [6.45, 7) is 0.551. The second-order valence-electron chi connectivity index (χ2n) is 8.81. The SMILES string of the molecule is O=C(Nc1cccc(C2OC(Cn3cnc4ccccc43)CC(c3ccc(CO)cc3)O2)c1)C(Cl)(Cl)Cl. The summed E-state index contributed by atoms with van der Waals surface area (Å²) in [7, 11) is 0. The lowest BCUT2D eigenvalue weighted by atomic mass is 10.00. The third-order valence-electron chi connectivity index (χ3n) is 6.22. The number of nitrogens with one attached hydrogen (secondary N) is 1. The second-order valence-corrected chi connectivity index (χ2v) is 11.1. The maximum atomic E-state index is 12.2. The number of carbonyl (C=O) groups is 1. The summed E-state index contributed by atoms with van der Waals surface area (Å²) < 4.78 is 12.8. The van der Waals surface area contributed by atoms with Crippen LogP contribution >= 0.6 is 34.8 Å². The molecular weight excluding hydrogens is 537 g/mol. The molecule has 0 aliphatic carbocycles. The van der Waals surface area contributed by atoms with E-state index in [1.807, 2.05) is 60.9 Å². The van der Waals surface area contributed by atoms with Gasteiger partial charge in [0.15, 0.2) is 6.29 Å². The van der Waals surface area contributed by atoms with Gasteiger partial charge in [0.25, 0.3) is 9.70 Å². The van der Waals surface area contributed by atoms with Gasteiger partial charge >= 0.3 is 0 Å². The van der Waals surface area contributed by atoms with Crippen molar-refractivity contribution < 1.29 is 19.4 Å². The van der Waals surface area contributed by atoms with Crippen LogP contribution in [0.3, 0.4) is 0 Å². The zero-order valence-electron chi connectivity index (χ0n) is 19.6. The van der Waals surface area contributed by atoms with Crippen molar-refractivity contribution in [2.75, 3.05) is 5.32 Å². The first-order valence-corrected chi connectivity index (χ1v) is 12.8. The highest BCUT2D eigenvalue weighted by molar-refractivity contribution is 6.76. The lowest BCUT2D eigenvalue weighted by Crippen LogP contribution is -2.32. The van der Waals surface area contributed by atoms with Gasteiger partial charge in [-0.05, 0) is 35.4 Å². The van der Waals surface area contributed by atoms with Crippen molar-refractivity contribution in [1.29, 1.82) is 0 Å². The number of imidazole rings is 1. The van der Waals surface area contributed by atoms with Gasteiger partial charge in [0.1, 0.15) is 0 Å². The molecule has 1 aliphatic heterocycles. The maximum absolute atomic E-state index is 12.2. The van der Waals surface area contributed by atoms with Crippen LogP contribution in [0.15, 0.2) is 79.1 Å². The van der Waals surface area contributed by atoms with Crippen molar-refractivity contribution in [3.8, 4) is 0 Å². The van der Waals surface area contributed by atoms with Crippen molar-refractivity contribution in [3.63, 3.8) is 0 Å². The Hall–Kier alpha value is -2.65. The predicted molar refractivity (Wildman–Crippen MR) is 144 cm³/mol. The molecule has 0 saturated carbocycles. The topological polar surface area (TPSA) is 85.6 Å². The van der Waals surface area contributed by atoms with Gasteiger partial charge in [-0.25, -0.2) is 4.98 Å². The quantitative estimate of drug-likeness (QED) is 0.279. The van der Waals surface area contributed by atoms with E-state index in [1.165, 1.54) is 0 Å². The van der Waals surface area contributed by atoms with E-state index in [-0.39, 0.29) is 18.8 Å². The first-order chi connectivity index (χ1) is 17.8. The fourth-order valence-corrected chi connectivity index (χ4v) is 4.51. The molecule has 10 heteroatoms. The first kappa shape index (κ1) is 26.0. The molecule has 4 aromatic rings. The molecule has 0 bridgehead atoms. The van der Waals surface area contributed by atoms with Crippen LogP contribution in [0.4, 0.5) is 5.69 Å². The third kappa shape index (κ3) is 6.09. The zero-order chi connectivity index (χ0) is 26.0. The molecule has 2 N–H and O–H groups in total. The van der Waals surface area contributed by atoms with Gasteiger partial charge in [0.2, 0.25) is 0 Å². The Kier molecular flexibility index (Phi) is 7.72. The molecule has 1 amide bonds. The molecule has 7 nitrogen and oxygen atoms in total. The first-order valence-electron chi connectivity index (χ1n) is 11.7. The number of rotatable bonds is 6. The highest BCUT2D eigenvalue weighted by atomic mass is 35.6. The number of amides is 1. The highest BCUT2D eigenvalue weighted by Gasteiger charge is 2.34. The van der Waals surface area contributed by atoms with Crippen molar-refractivity contribution in [3.05, 3.63) is 95.8 Å². The van der Waals surface area contributed by atoms with Gasteiger partial charge in [0, 0.05) is 17.7 Å². The molecule has 3 unspecified atom stereocenters. The molecule has 1 aromatic heterocycles. The molecule has 1 aliphatic rings. The van der Waals surface area contributed by atoms with Crippen LogP contribution in [0.1, 0.15) is 35.5 Å². The van der Waals surface area contributed by atoms with E-state index >= 15 is 0 Å². The van der Waals surface area contributed by atoms with Gasteiger partial charge in [-0.1, -0.05) is 83.3 Å².